The molecule has 0 bridgehead atoms. The van der Waals surface area contributed by atoms with Gasteiger partial charge in [-0.1, -0.05) is 11.6 Å². The smallest absolute Gasteiger partial charge is 0.224 e. The molecule has 0 aliphatic rings. The zero-order valence-electron chi connectivity index (χ0n) is 7.99. The van der Waals surface area contributed by atoms with Crippen LogP contribution in [0.3, 0.4) is 0 Å². The number of aromatic amines is 1. The molecule has 5 nitrogen and oxygen atoms in total. The van der Waals surface area contributed by atoms with Crippen LogP contribution in [0.25, 0.3) is 11.3 Å². The number of ether oxygens (including phenoxy) is 1. The summed E-state index contributed by atoms with van der Waals surface area (Å²) in [7, 11) is 1.52. The van der Waals surface area contributed by atoms with Crippen LogP contribution in [0.15, 0.2) is 18.3 Å². The molecule has 6 heteroatoms. The van der Waals surface area contributed by atoms with Crippen molar-refractivity contribution in [2.45, 2.75) is 0 Å². The molecule has 0 unspecified atom stereocenters. The van der Waals surface area contributed by atoms with Crippen LogP contribution in [0.2, 0.25) is 5.15 Å². The van der Waals surface area contributed by atoms with E-state index in [1.165, 1.54) is 13.3 Å². The molecule has 0 spiro atoms. The van der Waals surface area contributed by atoms with Gasteiger partial charge in [0.05, 0.1) is 30.3 Å². The summed E-state index contributed by atoms with van der Waals surface area (Å²) in [6, 6.07) is 3.44. The van der Waals surface area contributed by atoms with Gasteiger partial charge in [-0.05, 0) is 12.1 Å². The maximum absolute atomic E-state index is 5.75. The molecule has 0 aliphatic heterocycles. The van der Waals surface area contributed by atoms with E-state index in [1.807, 2.05) is 0 Å². The summed E-state index contributed by atoms with van der Waals surface area (Å²) in [4.78, 5) is 4.03. The Morgan fingerprint density at radius 3 is 2.87 bits per heavy atom. The number of H-pyrrole nitrogens is 1. The minimum absolute atomic E-state index is 0.369. The Hall–Kier alpha value is -1.75. The molecule has 0 radical (unpaired) electrons. The molecular formula is C9H9ClN4O. The fraction of sp³-hybridized carbons (Fsp3) is 0.111. The Morgan fingerprint density at radius 1 is 1.47 bits per heavy atom. The van der Waals surface area contributed by atoms with Gasteiger partial charge in [0.15, 0.2) is 0 Å². The number of hydrogen-bond donors (Lipinski definition) is 2. The summed E-state index contributed by atoms with van der Waals surface area (Å²) in [5.41, 5.74) is 7.67. The average molecular weight is 225 g/mol. The number of pyridine rings is 1. The molecule has 0 saturated carbocycles. The van der Waals surface area contributed by atoms with Gasteiger partial charge >= 0.3 is 0 Å². The SMILES string of the molecule is COc1nc(Cl)ccc1-c1[nH]ncc1N. The van der Waals surface area contributed by atoms with Gasteiger partial charge in [0.1, 0.15) is 5.15 Å². The Bertz CT molecular complexity index is 483. The zero-order valence-corrected chi connectivity index (χ0v) is 8.75. The van der Waals surface area contributed by atoms with Crippen LogP contribution in [0, 0.1) is 0 Å². The van der Waals surface area contributed by atoms with Gasteiger partial charge < -0.3 is 10.5 Å². The van der Waals surface area contributed by atoms with Crippen LogP contribution in [-0.2, 0) is 0 Å². The molecule has 78 valence electrons. The van der Waals surface area contributed by atoms with Gasteiger partial charge in [-0.2, -0.15) is 5.10 Å². The predicted octanol–water partition coefficient (Wildman–Crippen LogP) is 1.72. The van der Waals surface area contributed by atoms with E-state index >= 15 is 0 Å². The van der Waals surface area contributed by atoms with Gasteiger partial charge in [0, 0.05) is 0 Å². The van der Waals surface area contributed by atoms with Gasteiger partial charge in [-0.3, -0.25) is 5.10 Å². The molecule has 2 rings (SSSR count). The number of methoxy groups -OCH3 is 1. The fourth-order valence-electron chi connectivity index (χ4n) is 1.27. The third-order valence-corrected chi connectivity index (χ3v) is 2.17. The minimum Gasteiger partial charge on any atom is -0.480 e. The van der Waals surface area contributed by atoms with Crippen molar-refractivity contribution in [2.24, 2.45) is 0 Å². The normalized spacial score (nSPS) is 10.3. The van der Waals surface area contributed by atoms with Crippen LogP contribution >= 0.6 is 11.6 Å². The van der Waals surface area contributed by atoms with Crippen LogP contribution < -0.4 is 10.5 Å². The second-order valence-corrected chi connectivity index (χ2v) is 3.28. The number of rotatable bonds is 2. The first-order chi connectivity index (χ1) is 7.22. The lowest BCUT2D eigenvalue weighted by molar-refractivity contribution is 0.399. The Balaban J connectivity index is 2.58. The standard InChI is InChI=1S/C9H9ClN4O/c1-15-9-5(2-3-7(10)13-9)8-6(11)4-12-14-8/h2-4H,11H2,1H3,(H,12,14). The largest absolute Gasteiger partial charge is 0.480 e. The summed E-state index contributed by atoms with van der Waals surface area (Å²) in [5.74, 6) is 0.415. The third-order valence-electron chi connectivity index (χ3n) is 1.96. The summed E-state index contributed by atoms with van der Waals surface area (Å²) in [5, 5.41) is 6.98. The van der Waals surface area contributed by atoms with E-state index in [9.17, 15) is 0 Å². The number of halogens is 1. The summed E-state index contributed by atoms with van der Waals surface area (Å²) in [6.45, 7) is 0. The minimum atomic E-state index is 0.369. The second kappa shape index (κ2) is 3.78. The topological polar surface area (TPSA) is 76.8 Å². The molecule has 2 aromatic rings. The third kappa shape index (κ3) is 1.73. The molecule has 15 heavy (non-hydrogen) atoms. The highest BCUT2D eigenvalue weighted by molar-refractivity contribution is 6.29. The monoisotopic (exact) mass is 224 g/mol. The van der Waals surface area contributed by atoms with E-state index in [0.717, 1.165) is 5.56 Å². The van der Waals surface area contributed by atoms with Crippen molar-refractivity contribution >= 4 is 17.3 Å². The first-order valence-corrected chi connectivity index (χ1v) is 4.60. The van der Waals surface area contributed by atoms with E-state index in [4.69, 9.17) is 22.1 Å². The molecular weight excluding hydrogens is 216 g/mol. The van der Waals surface area contributed by atoms with Crippen LogP contribution in [0.1, 0.15) is 0 Å². The number of nitrogen functional groups attached to an aromatic ring is 1. The lowest BCUT2D eigenvalue weighted by Crippen LogP contribution is -1.94. The van der Waals surface area contributed by atoms with Gasteiger partial charge in [-0.25, -0.2) is 4.98 Å². The van der Waals surface area contributed by atoms with Gasteiger partial charge in [0.25, 0.3) is 0 Å². The summed E-state index contributed by atoms with van der Waals surface area (Å²) in [6.07, 6.45) is 1.53. The molecule has 0 fully saturated rings. The van der Waals surface area contributed by atoms with E-state index in [-0.39, 0.29) is 0 Å². The molecule has 0 saturated heterocycles. The van der Waals surface area contributed by atoms with E-state index < -0.39 is 0 Å². The van der Waals surface area contributed by atoms with Crippen molar-refractivity contribution in [1.29, 1.82) is 0 Å². The number of aromatic nitrogens is 3. The highest BCUT2D eigenvalue weighted by Crippen LogP contribution is 2.31. The van der Waals surface area contributed by atoms with Crippen molar-refractivity contribution in [3.63, 3.8) is 0 Å². The molecule has 0 aliphatic carbocycles. The second-order valence-electron chi connectivity index (χ2n) is 2.89. The highest BCUT2D eigenvalue weighted by Gasteiger charge is 2.12. The van der Waals surface area contributed by atoms with Crippen LogP contribution in [0.4, 0.5) is 5.69 Å². The maximum Gasteiger partial charge on any atom is 0.224 e. The Labute approximate surface area is 91.2 Å². The molecule has 0 aromatic carbocycles. The number of nitrogens with one attached hydrogen (secondary N) is 1. The molecule has 0 amide bonds. The molecule has 3 N–H and O–H groups in total. The molecule has 2 heterocycles. The first-order valence-electron chi connectivity index (χ1n) is 4.22. The fourth-order valence-corrected chi connectivity index (χ4v) is 1.41. The predicted molar refractivity (Wildman–Crippen MR) is 57.8 cm³/mol. The number of nitrogens with zero attached hydrogens (tertiary/aromatic N) is 2. The molecule has 0 atom stereocenters. The van der Waals surface area contributed by atoms with Crippen molar-refractivity contribution in [1.82, 2.24) is 15.2 Å². The lowest BCUT2D eigenvalue weighted by Gasteiger charge is -2.06. The Morgan fingerprint density at radius 2 is 2.27 bits per heavy atom. The number of anilines is 1. The van der Waals surface area contributed by atoms with Crippen LogP contribution in [0.5, 0.6) is 5.88 Å². The first kappa shape index (κ1) is 9.79. The average Bonchev–Trinajstić information content (AvgIpc) is 2.64. The number of hydrogen-bond acceptors (Lipinski definition) is 4. The zero-order chi connectivity index (χ0) is 10.8. The number of nitrogens with two attached hydrogens (primary N) is 1. The van der Waals surface area contributed by atoms with E-state index in [1.54, 1.807) is 12.1 Å². The van der Waals surface area contributed by atoms with Crippen molar-refractivity contribution in [3.8, 4) is 17.1 Å². The van der Waals surface area contributed by atoms with Crippen molar-refractivity contribution in [2.75, 3.05) is 12.8 Å². The summed E-state index contributed by atoms with van der Waals surface area (Å²) >= 11 is 5.75. The maximum atomic E-state index is 5.75. The van der Waals surface area contributed by atoms with Gasteiger partial charge in [-0.15, -0.1) is 0 Å². The van der Waals surface area contributed by atoms with E-state index in [0.29, 0.717) is 22.4 Å². The van der Waals surface area contributed by atoms with Crippen molar-refractivity contribution in [3.05, 3.63) is 23.5 Å². The summed E-state index contributed by atoms with van der Waals surface area (Å²) < 4.78 is 5.11. The highest BCUT2D eigenvalue weighted by atomic mass is 35.5. The molecule has 2 aromatic heterocycles. The lowest BCUT2D eigenvalue weighted by atomic mass is 10.2. The van der Waals surface area contributed by atoms with Gasteiger partial charge in [0.2, 0.25) is 5.88 Å². The van der Waals surface area contributed by atoms with Crippen LogP contribution in [-0.4, -0.2) is 22.3 Å². The quantitative estimate of drug-likeness (QED) is 0.762. The van der Waals surface area contributed by atoms with E-state index in [2.05, 4.69) is 15.2 Å². The Kier molecular flexibility index (Phi) is 2.47. The van der Waals surface area contributed by atoms with Crippen molar-refractivity contribution < 1.29 is 4.74 Å².